The zero-order chi connectivity index (χ0) is 17.6. The van der Waals surface area contributed by atoms with Crippen LogP contribution in [-0.2, 0) is 9.59 Å². The summed E-state index contributed by atoms with van der Waals surface area (Å²) in [5.74, 6) is -1.64. The maximum absolute atomic E-state index is 11.0. The molecule has 24 heavy (non-hydrogen) atoms. The first-order chi connectivity index (χ1) is 10.7. The van der Waals surface area contributed by atoms with Gasteiger partial charge in [-0.15, -0.1) is 12.4 Å². The van der Waals surface area contributed by atoms with Gasteiger partial charge in [0.05, 0.1) is 0 Å². The van der Waals surface area contributed by atoms with Crippen LogP contribution < -0.4 is 22.8 Å². The molecule has 2 aromatic rings. The first-order valence-electron chi connectivity index (χ1n) is 6.77. The molecule has 0 saturated heterocycles. The fraction of sp³-hybridized carbons (Fsp3) is 0.267. The van der Waals surface area contributed by atoms with E-state index in [-0.39, 0.29) is 30.9 Å². The summed E-state index contributed by atoms with van der Waals surface area (Å²) < 4.78 is 4.99. The lowest BCUT2D eigenvalue weighted by atomic mass is 10.1. The summed E-state index contributed by atoms with van der Waals surface area (Å²) in [5.41, 5.74) is 17.1. The lowest BCUT2D eigenvalue weighted by Gasteiger charge is -2.01. The monoisotopic (exact) mass is 357 g/mol. The van der Waals surface area contributed by atoms with Crippen LogP contribution in [0.25, 0.3) is 11.0 Å². The molecule has 0 fully saturated rings. The third-order valence-electron chi connectivity index (χ3n) is 2.99. The lowest BCUT2D eigenvalue weighted by Crippen LogP contribution is -2.31. The number of amides is 1. The van der Waals surface area contributed by atoms with Crippen molar-refractivity contribution in [3.63, 3.8) is 0 Å². The van der Waals surface area contributed by atoms with E-state index < -0.39 is 17.9 Å². The molecule has 0 saturated carbocycles. The Labute approximate surface area is 144 Å². The van der Waals surface area contributed by atoms with Crippen molar-refractivity contribution in [2.24, 2.45) is 11.5 Å². The second-order valence-electron chi connectivity index (χ2n) is 4.95. The molecule has 1 atom stereocenters. The first-order valence-corrected chi connectivity index (χ1v) is 6.77. The highest BCUT2D eigenvalue weighted by Crippen LogP contribution is 2.18. The molecule has 1 aromatic heterocycles. The average molecular weight is 358 g/mol. The lowest BCUT2D eigenvalue weighted by molar-refractivity contribution is -0.138. The summed E-state index contributed by atoms with van der Waals surface area (Å²) in [5, 5.41) is 9.14. The highest BCUT2D eigenvalue weighted by Gasteiger charge is 2.11. The Hall–Kier alpha value is -2.58. The van der Waals surface area contributed by atoms with Gasteiger partial charge in [0.25, 0.3) is 0 Å². The zero-order valence-corrected chi connectivity index (χ0v) is 13.8. The Morgan fingerprint density at radius 1 is 1.29 bits per heavy atom. The molecule has 0 unspecified atom stereocenters. The quantitative estimate of drug-likeness (QED) is 0.463. The molecule has 0 radical (unpaired) electrons. The number of benzene rings is 1. The van der Waals surface area contributed by atoms with Gasteiger partial charge in [-0.1, -0.05) is 0 Å². The number of carboxylic acids is 1. The number of hydrogen-bond acceptors (Lipinski definition) is 6. The molecule has 7 N–H and O–H groups in total. The van der Waals surface area contributed by atoms with Crippen molar-refractivity contribution < 1.29 is 19.1 Å². The van der Waals surface area contributed by atoms with Crippen LogP contribution in [0.2, 0.25) is 0 Å². The van der Waals surface area contributed by atoms with Crippen LogP contribution in [0.5, 0.6) is 0 Å². The number of aryl methyl sites for hydroxylation is 1. The molecule has 1 aromatic carbocycles. The molecule has 8 nitrogen and oxygen atoms in total. The molecule has 2 rings (SSSR count). The van der Waals surface area contributed by atoms with E-state index in [1.54, 1.807) is 12.1 Å². The second kappa shape index (κ2) is 9.53. The number of hydrogen-bond donors (Lipinski definition) is 4. The van der Waals surface area contributed by atoms with Crippen LogP contribution >= 0.6 is 12.4 Å². The number of nitrogen functional groups attached to an aromatic ring is 1. The number of carbonyl (C=O) groups is 2. The van der Waals surface area contributed by atoms with E-state index in [0.29, 0.717) is 11.3 Å². The Morgan fingerprint density at radius 2 is 1.92 bits per heavy atom. The number of rotatable bonds is 4. The largest absolute Gasteiger partial charge is 0.480 e. The van der Waals surface area contributed by atoms with Gasteiger partial charge in [0, 0.05) is 29.6 Å². The second-order valence-corrected chi connectivity index (χ2v) is 4.95. The highest BCUT2D eigenvalue weighted by molar-refractivity contribution is 5.85. The Bertz CT molecular complexity index is 775. The van der Waals surface area contributed by atoms with Crippen molar-refractivity contribution in [1.82, 2.24) is 0 Å². The number of nitrogens with two attached hydrogens (primary N) is 3. The maximum atomic E-state index is 11.0. The number of fused-ring (bicyclic) bond motifs is 1. The van der Waals surface area contributed by atoms with Crippen molar-refractivity contribution >= 4 is 40.9 Å². The van der Waals surface area contributed by atoms with Crippen molar-refractivity contribution in [2.75, 3.05) is 5.73 Å². The Morgan fingerprint density at radius 3 is 2.46 bits per heavy atom. The number of carboxylic acid groups (broad SMARTS) is 1. The Kier molecular flexibility index (Phi) is 8.51. The van der Waals surface area contributed by atoms with Gasteiger partial charge in [0.1, 0.15) is 11.6 Å². The van der Waals surface area contributed by atoms with Crippen molar-refractivity contribution in [2.45, 2.75) is 25.8 Å². The van der Waals surface area contributed by atoms with E-state index in [4.69, 9.17) is 26.7 Å². The van der Waals surface area contributed by atoms with Crippen LogP contribution in [0.15, 0.2) is 33.5 Å². The minimum atomic E-state index is -1.11. The average Bonchev–Trinajstić information content (AvgIpc) is 2.44. The van der Waals surface area contributed by atoms with Crippen LogP contribution in [0.1, 0.15) is 18.4 Å². The Balaban J connectivity index is 0.000000441. The number of primary amides is 1. The minimum Gasteiger partial charge on any atom is -0.480 e. The molecular weight excluding hydrogens is 338 g/mol. The molecule has 1 heterocycles. The standard InChI is InChI=1S/C10H9NO2.C5H10N2O3.ClH/c1-6-4-10(12)13-9-5-7(11)2-3-8(6)9;6-3(5(9)10)1-2-4(7)8;/h2-5H,11H2,1H3;3H,1-2,6H2,(H2,7,8)(H,9,10);1H/t;3-;/m.0./s1. The van der Waals surface area contributed by atoms with E-state index in [1.807, 2.05) is 13.0 Å². The van der Waals surface area contributed by atoms with E-state index >= 15 is 0 Å². The molecule has 0 aliphatic rings. The predicted molar refractivity (Wildman–Crippen MR) is 92.9 cm³/mol. The summed E-state index contributed by atoms with van der Waals surface area (Å²) in [6.45, 7) is 1.87. The van der Waals surface area contributed by atoms with Gasteiger partial charge in [-0.2, -0.15) is 0 Å². The maximum Gasteiger partial charge on any atom is 0.336 e. The summed E-state index contributed by atoms with van der Waals surface area (Å²) in [6, 6.07) is 5.79. The van der Waals surface area contributed by atoms with Crippen molar-refractivity contribution in [3.05, 3.63) is 40.2 Å². The fourth-order valence-electron chi connectivity index (χ4n) is 1.76. The van der Waals surface area contributed by atoms with Crippen LogP contribution in [-0.4, -0.2) is 23.0 Å². The molecule has 1 amide bonds. The number of aliphatic carboxylic acids is 1. The van der Waals surface area contributed by atoms with Crippen molar-refractivity contribution in [3.8, 4) is 0 Å². The number of anilines is 1. The topological polar surface area (TPSA) is 163 Å². The minimum absolute atomic E-state index is 0. The van der Waals surface area contributed by atoms with Gasteiger partial charge in [0.15, 0.2) is 0 Å². The number of halogens is 1. The van der Waals surface area contributed by atoms with E-state index in [2.05, 4.69) is 0 Å². The van der Waals surface area contributed by atoms with Gasteiger partial charge in [-0.3, -0.25) is 9.59 Å². The first kappa shape index (κ1) is 21.4. The summed E-state index contributed by atoms with van der Waals surface area (Å²) in [4.78, 5) is 31.1. The summed E-state index contributed by atoms with van der Waals surface area (Å²) >= 11 is 0. The van der Waals surface area contributed by atoms with Gasteiger partial charge in [-0.25, -0.2) is 4.79 Å². The smallest absolute Gasteiger partial charge is 0.336 e. The van der Waals surface area contributed by atoms with Crippen LogP contribution in [0.4, 0.5) is 5.69 Å². The molecule has 0 aliphatic carbocycles. The fourth-order valence-corrected chi connectivity index (χ4v) is 1.76. The van der Waals surface area contributed by atoms with Crippen LogP contribution in [0, 0.1) is 6.92 Å². The van der Waals surface area contributed by atoms with E-state index in [9.17, 15) is 14.4 Å². The third-order valence-corrected chi connectivity index (χ3v) is 2.99. The normalized spacial score (nSPS) is 10.9. The zero-order valence-electron chi connectivity index (χ0n) is 13.0. The van der Waals surface area contributed by atoms with Gasteiger partial charge in [-0.05, 0) is 31.0 Å². The third kappa shape index (κ3) is 6.67. The molecule has 0 bridgehead atoms. The molecule has 0 aliphatic heterocycles. The SMILES string of the molecule is Cc1cc(=O)oc2cc(N)ccc12.Cl.NC(=O)CC[C@H](N)C(=O)O. The van der Waals surface area contributed by atoms with Crippen molar-refractivity contribution in [1.29, 1.82) is 0 Å². The highest BCUT2D eigenvalue weighted by atomic mass is 35.5. The van der Waals surface area contributed by atoms with Gasteiger partial charge in [0.2, 0.25) is 5.91 Å². The summed E-state index contributed by atoms with van der Waals surface area (Å²) in [6.07, 6.45) is 0.123. The summed E-state index contributed by atoms with van der Waals surface area (Å²) in [7, 11) is 0. The molecule has 132 valence electrons. The van der Waals surface area contributed by atoms with Crippen LogP contribution in [0.3, 0.4) is 0 Å². The number of carbonyl (C=O) groups excluding carboxylic acids is 1. The molecule has 9 heteroatoms. The van der Waals surface area contributed by atoms with E-state index in [0.717, 1.165) is 10.9 Å². The molecular formula is C15H20ClN3O5. The molecule has 0 spiro atoms. The van der Waals surface area contributed by atoms with Gasteiger partial charge >= 0.3 is 11.6 Å². The van der Waals surface area contributed by atoms with Gasteiger partial charge < -0.3 is 26.7 Å². The predicted octanol–water partition coefficient (Wildman–Crippen LogP) is 0.769. The van der Waals surface area contributed by atoms with E-state index in [1.165, 1.54) is 6.07 Å².